The Morgan fingerprint density at radius 1 is 1.12 bits per heavy atom. The molecule has 4 rings (SSSR count). The molecule has 32 heavy (non-hydrogen) atoms. The molecule has 172 valence electrons. The Labute approximate surface area is 190 Å². The summed E-state index contributed by atoms with van der Waals surface area (Å²) in [6, 6.07) is 10.4. The molecule has 1 aliphatic carbocycles. The molecule has 2 aliphatic rings. The van der Waals surface area contributed by atoms with E-state index in [1.54, 1.807) is 18.3 Å². The minimum absolute atomic E-state index is 0.0639. The lowest BCUT2D eigenvalue weighted by Crippen LogP contribution is -2.36. The Balaban J connectivity index is 1.68. The van der Waals surface area contributed by atoms with Crippen LogP contribution in [-0.4, -0.2) is 54.8 Å². The van der Waals surface area contributed by atoms with Crippen molar-refractivity contribution >= 4 is 15.9 Å². The molecule has 2 heterocycles. The highest BCUT2D eigenvalue weighted by molar-refractivity contribution is 7.89. The van der Waals surface area contributed by atoms with Crippen LogP contribution in [0.2, 0.25) is 0 Å². The Hall–Kier alpha value is -2.45. The SMILES string of the molecule is COc1ccc(C(=O)N(C2CC2)C(C)c2ccccn2)cc1S(=O)(=O)N1CCCCCC1. The monoisotopic (exact) mass is 457 g/mol. The fraction of sp³-hybridized carbons (Fsp3) is 0.500. The average Bonchev–Trinajstić information content (AvgIpc) is 3.66. The molecule has 1 aliphatic heterocycles. The highest BCUT2D eigenvalue weighted by Gasteiger charge is 2.38. The maximum atomic E-state index is 13.6. The lowest BCUT2D eigenvalue weighted by atomic mass is 10.1. The summed E-state index contributed by atoms with van der Waals surface area (Å²) in [6.07, 6.45) is 7.36. The number of hydrogen-bond acceptors (Lipinski definition) is 5. The van der Waals surface area contributed by atoms with Crippen LogP contribution in [-0.2, 0) is 10.0 Å². The molecule has 1 aromatic heterocycles. The normalized spacial score (nSPS) is 18.6. The van der Waals surface area contributed by atoms with Gasteiger partial charge in [0.25, 0.3) is 5.91 Å². The second kappa shape index (κ2) is 9.58. The van der Waals surface area contributed by atoms with Gasteiger partial charge < -0.3 is 9.64 Å². The molecule has 1 saturated carbocycles. The first-order valence-electron chi connectivity index (χ1n) is 11.4. The van der Waals surface area contributed by atoms with Crippen LogP contribution in [0.4, 0.5) is 0 Å². The molecule has 0 spiro atoms. The molecule has 1 amide bonds. The number of sulfonamides is 1. The second-order valence-corrected chi connectivity index (χ2v) is 10.5. The molecule has 0 bridgehead atoms. The molecule has 1 aromatic carbocycles. The summed E-state index contributed by atoms with van der Waals surface area (Å²) in [5.41, 5.74) is 1.17. The van der Waals surface area contributed by atoms with Crippen LogP contribution in [0.5, 0.6) is 5.75 Å². The van der Waals surface area contributed by atoms with Crippen LogP contribution in [0.25, 0.3) is 0 Å². The highest BCUT2D eigenvalue weighted by atomic mass is 32.2. The third-order valence-corrected chi connectivity index (χ3v) is 8.22. The van der Waals surface area contributed by atoms with Gasteiger partial charge in [0.2, 0.25) is 10.0 Å². The molecule has 1 atom stereocenters. The summed E-state index contributed by atoms with van der Waals surface area (Å²) in [7, 11) is -2.31. The summed E-state index contributed by atoms with van der Waals surface area (Å²) in [6.45, 7) is 2.96. The molecule has 0 radical (unpaired) electrons. The van der Waals surface area contributed by atoms with Crippen molar-refractivity contribution in [1.29, 1.82) is 0 Å². The van der Waals surface area contributed by atoms with E-state index < -0.39 is 10.0 Å². The molecule has 1 unspecified atom stereocenters. The number of rotatable bonds is 7. The van der Waals surface area contributed by atoms with Gasteiger partial charge in [-0.2, -0.15) is 4.31 Å². The second-order valence-electron chi connectivity index (χ2n) is 8.56. The van der Waals surface area contributed by atoms with Crippen molar-refractivity contribution in [2.75, 3.05) is 20.2 Å². The van der Waals surface area contributed by atoms with E-state index in [-0.39, 0.29) is 28.6 Å². The fourth-order valence-electron chi connectivity index (χ4n) is 4.36. The van der Waals surface area contributed by atoms with Crippen LogP contribution >= 0.6 is 0 Å². The molecule has 7 nitrogen and oxygen atoms in total. The van der Waals surface area contributed by atoms with E-state index in [9.17, 15) is 13.2 Å². The number of ether oxygens (including phenoxy) is 1. The summed E-state index contributed by atoms with van der Waals surface area (Å²) in [5.74, 6) is 0.0853. The van der Waals surface area contributed by atoms with Crippen molar-refractivity contribution in [3.8, 4) is 5.75 Å². The number of aromatic nitrogens is 1. The maximum absolute atomic E-state index is 13.6. The predicted molar refractivity (Wildman–Crippen MR) is 122 cm³/mol. The van der Waals surface area contributed by atoms with Gasteiger partial charge >= 0.3 is 0 Å². The summed E-state index contributed by atoms with van der Waals surface area (Å²) >= 11 is 0. The summed E-state index contributed by atoms with van der Waals surface area (Å²) in [4.78, 5) is 19.9. The van der Waals surface area contributed by atoms with Gasteiger partial charge in [-0.05, 0) is 62.9 Å². The van der Waals surface area contributed by atoms with Crippen LogP contribution in [0.1, 0.15) is 67.5 Å². The van der Waals surface area contributed by atoms with Crippen molar-refractivity contribution in [2.45, 2.75) is 62.4 Å². The quantitative estimate of drug-likeness (QED) is 0.627. The van der Waals surface area contributed by atoms with E-state index in [0.717, 1.165) is 44.2 Å². The number of carbonyl (C=O) groups is 1. The number of benzene rings is 1. The Bertz CT molecular complexity index is 1050. The van der Waals surface area contributed by atoms with E-state index in [2.05, 4.69) is 4.98 Å². The van der Waals surface area contributed by atoms with E-state index >= 15 is 0 Å². The van der Waals surface area contributed by atoms with Gasteiger partial charge in [0, 0.05) is 30.9 Å². The van der Waals surface area contributed by atoms with Gasteiger partial charge in [-0.3, -0.25) is 9.78 Å². The number of carbonyl (C=O) groups excluding carboxylic acids is 1. The van der Waals surface area contributed by atoms with Gasteiger partial charge in [-0.1, -0.05) is 18.9 Å². The van der Waals surface area contributed by atoms with Crippen molar-refractivity contribution in [2.24, 2.45) is 0 Å². The lowest BCUT2D eigenvalue weighted by molar-refractivity contribution is 0.0670. The van der Waals surface area contributed by atoms with Gasteiger partial charge in [0.1, 0.15) is 10.6 Å². The molecule has 1 saturated heterocycles. The van der Waals surface area contributed by atoms with Gasteiger partial charge in [-0.15, -0.1) is 0 Å². The van der Waals surface area contributed by atoms with Gasteiger partial charge in [0.05, 0.1) is 18.8 Å². The zero-order chi connectivity index (χ0) is 22.7. The van der Waals surface area contributed by atoms with Crippen molar-refractivity contribution in [1.82, 2.24) is 14.2 Å². The number of nitrogens with zero attached hydrogens (tertiary/aromatic N) is 3. The molecule has 2 aromatic rings. The largest absolute Gasteiger partial charge is 0.495 e. The van der Waals surface area contributed by atoms with Crippen LogP contribution in [0.3, 0.4) is 0 Å². The van der Waals surface area contributed by atoms with Crippen LogP contribution in [0.15, 0.2) is 47.5 Å². The molecule has 0 N–H and O–H groups in total. The van der Waals surface area contributed by atoms with E-state index in [1.807, 2.05) is 30.0 Å². The standard InChI is InChI=1S/C24H31N3O4S/c1-18(21-9-5-6-14-25-21)27(20-11-12-20)24(28)19-10-13-22(31-2)23(17-19)32(29,30)26-15-7-3-4-8-16-26/h5-6,9-10,13-14,17-18,20H,3-4,7-8,11-12,15-16H2,1-2H3. The number of amides is 1. The Morgan fingerprint density at radius 2 is 1.84 bits per heavy atom. The van der Waals surface area contributed by atoms with E-state index in [0.29, 0.717) is 18.7 Å². The minimum atomic E-state index is -3.76. The topological polar surface area (TPSA) is 79.8 Å². The first-order chi connectivity index (χ1) is 15.4. The predicted octanol–water partition coefficient (Wildman–Crippen LogP) is 4.02. The van der Waals surface area contributed by atoms with Gasteiger partial charge in [0.15, 0.2) is 0 Å². The zero-order valence-corrected chi connectivity index (χ0v) is 19.6. The van der Waals surface area contributed by atoms with E-state index in [1.165, 1.54) is 17.5 Å². The number of methoxy groups -OCH3 is 1. The smallest absolute Gasteiger partial charge is 0.254 e. The lowest BCUT2D eigenvalue weighted by Gasteiger charge is -2.29. The number of hydrogen-bond donors (Lipinski definition) is 0. The van der Waals surface area contributed by atoms with Crippen molar-refractivity contribution in [3.05, 3.63) is 53.9 Å². The van der Waals surface area contributed by atoms with Crippen molar-refractivity contribution in [3.63, 3.8) is 0 Å². The molecule has 8 heteroatoms. The molecular weight excluding hydrogens is 426 g/mol. The maximum Gasteiger partial charge on any atom is 0.254 e. The third kappa shape index (κ3) is 4.66. The summed E-state index contributed by atoms with van der Waals surface area (Å²) in [5, 5.41) is 0. The molecular formula is C24H31N3O4S. The third-order valence-electron chi connectivity index (χ3n) is 6.30. The van der Waals surface area contributed by atoms with Crippen LogP contribution in [0, 0.1) is 0 Å². The van der Waals surface area contributed by atoms with Crippen LogP contribution < -0.4 is 4.74 Å². The summed E-state index contributed by atoms with van der Waals surface area (Å²) < 4.78 is 33.9. The Morgan fingerprint density at radius 3 is 2.44 bits per heavy atom. The average molecular weight is 458 g/mol. The minimum Gasteiger partial charge on any atom is -0.495 e. The zero-order valence-electron chi connectivity index (χ0n) is 18.7. The first kappa shape index (κ1) is 22.7. The van der Waals surface area contributed by atoms with Crippen molar-refractivity contribution < 1.29 is 17.9 Å². The number of pyridine rings is 1. The van der Waals surface area contributed by atoms with E-state index in [4.69, 9.17) is 4.74 Å². The fourth-order valence-corrected chi connectivity index (χ4v) is 6.06. The highest BCUT2D eigenvalue weighted by Crippen LogP contribution is 2.36. The first-order valence-corrected chi connectivity index (χ1v) is 12.8. The molecule has 2 fully saturated rings. The van der Waals surface area contributed by atoms with Gasteiger partial charge in [-0.25, -0.2) is 8.42 Å². The Kier molecular flexibility index (Phi) is 6.81.